The number of hydrogen-bond acceptors (Lipinski definition) is 6. The Labute approximate surface area is 174 Å². The van der Waals surface area contributed by atoms with Gasteiger partial charge in [-0.25, -0.2) is 0 Å². The Morgan fingerprint density at radius 3 is 2.67 bits per heavy atom. The molecule has 0 fully saturated rings. The third-order valence-electron chi connectivity index (χ3n) is 5.14. The highest BCUT2D eigenvalue weighted by molar-refractivity contribution is 5.94. The number of benzene rings is 2. The lowest BCUT2D eigenvalue weighted by molar-refractivity contribution is 0.0723. The van der Waals surface area contributed by atoms with E-state index in [-0.39, 0.29) is 24.0 Å². The average Bonchev–Trinajstić information content (AvgIpc) is 3.25. The molecule has 2 heterocycles. The third-order valence-corrected chi connectivity index (χ3v) is 5.14. The number of Topliss-reactive ketones (excluding diaryl/α,β-unsaturated/α-hetero) is 1. The lowest BCUT2D eigenvalue weighted by Gasteiger charge is -2.28. The molecule has 0 spiro atoms. The van der Waals surface area contributed by atoms with Gasteiger partial charge in [0, 0.05) is 24.7 Å². The van der Waals surface area contributed by atoms with Crippen LogP contribution in [0.2, 0.25) is 0 Å². The Balaban J connectivity index is 1.41. The van der Waals surface area contributed by atoms with Crippen molar-refractivity contribution >= 4 is 11.7 Å². The molecule has 154 valence electrons. The van der Waals surface area contributed by atoms with Crippen molar-refractivity contribution in [1.29, 1.82) is 0 Å². The van der Waals surface area contributed by atoms with Crippen molar-refractivity contribution in [1.82, 2.24) is 10.1 Å². The molecule has 0 bridgehead atoms. The molecule has 0 aliphatic carbocycles. The molecule has 4 rings (SSSR count). The van der Waals surface area contributed by atoms with E-state index in [9.17, 15) is 9.59 Å². The molecule has 0 atom stereocenters. The molecule has 30 heavy (non-hydrogen) atoms. The van der Waals surface area contributed by atoms with Crippen LogP contribution in [-0.4, -0.2) is 35.4 Å². The number of nitrogens with zero attached hydrogens (tertiary/aromatic N) is 2. The third kappa shape index (κ3) is 4.05. The number of carbonyl (C=O) groups is 2. The van der Waals surface area contributed by atoms with Crippen LogP contribution in [-0.2, 0) is 19.6 Å². The number of ketones is 1. The van der Waals surface area contributed by atoms with Crippen molar-refractivity contribution in [3.63, 3.8) is 0 Å². The molecule has 0 saturated carbocycles. The molecule has 1 aromatic heterocycles. The van der Waals surface area contributed by atoms with Crippen molar-refractivity contribution in [3.8, 4) is 11.5 Å². The average molecular weight is 406 g/mol. The maximum absolute atomic E-state index is 12.8. The maximum atomic E-state index is 12.8. The summed E-state index contributed by atoms with van der Waals surface area (Å²) in [4.78, 5) is 26.1. The summed E-state index contributed by atoms with van der Waals surface area (Å²) in [5.41, 5.74) is 3.23. The van der Waals surface area contributed by atoms with E-state index in [4.69, 9.17) is 14.0 Å². The van der Waals surface area contributed by atoms with Gasteiger partial charge < -0.3 is 18.9 Å². The largest absolute Gasteiger partial charge is 0.493 e. The minimum atomic E-state index is -0.164. The van der Waals surface area contributed by atoms with Crippen LogP contribution in [0, 0.1) is 0 Å². The first kappa shape index (κ1) is 19.7. The number of hydrogen-bond donors (Lipinski definition) is 0. The van der Waals surface area contributed by atoms with Crippen LogP contribution in [0.5, 0.6) is 11.5 Å². The van der Waals surface area contributed by atoms with E-state index in [2.05, 4.69) is 11.2 Å². The Bertz CT molecular complexity index is 1090. The quantitative estimate of drug-likeness (QED) is 0.581. The van der Waals surface area contributed by atoms with Crippen LogP contribution >= 0.6 is 0 Å². The normalized spacial score (nSPS) is 12.9. The van der Waals surface area contributed by atoms with Gasteiger partial charge in [0.2, 0.25) is 0 Å². The molecule has 1 aliphatic rings. The minimum absolute atomic E-state index is 0.0569. The number of ether oxygens (including phenoxy) is 2. The molecule has 0 saturated heterocycles. The van der Waals surface area contributed by atoms with E-state index in [1.165, 1.54) is 19.6 Å². The van der Waals surface area contributed by atoms with Gasteiger partial charge in [0.1, 0.15) is 6.61 Å². The molecule has 2 aromatic carbocycles. The predicted octanol–water partition coefficient (Wildman–Crippen LogP) is 3.66. The predicted molar refractivity (Wildman–Crippen MR) is 109 cm³/mol. The van der Waals surface area contributed by atoms with Gasteiger partial charge in [-0.1, -0.05) is 29.4 Å². The summed E-state index contributed by atoms with van der Waals surface area (Å²) >= 11 is 0. The van der Waals surface area contributed by atoms with E-state index < -0.39 is 0 Å². The van der Waals surface area contributed by atoms with Gasteiger partial charge in [-0.15, -0.1) is 0 Å². The summed E-state index contributed by atoms with van der Waals surface area (Å²) in [6.45, 7) is 2.78. The van der Waals surface area contributed by atoms with Gasteiger partial charge in [-0.3, -0.25) is 9.59 Å². The summed E-state index contributed by atoms with van der Waals surface area (Å²) in [6.07, 6.45) is 0.825. The zero-order valence-electron chi connectivity index (χ0n) is 16.9. The fourth-order valence-corrected chi connectivity index (χ4v) is 3.47. The number of fused-ring (bicyclic) bond motifs is 1. The number of methoxy groups -OCH3 is 1. The molecule has 1 amide bonds. The van der Waals surface area contributed by atoms with Gasteiger partial charge in [0.25, 0.3) is 5.91 Å². The zero-order chi connectivity index (χ0) is 21.1. The molecule has 1 aliphatic heterocycles. The fourth-order valence-electron chi connectivity index (χ4n) is 3.47. The minimum Gasteiger partial charge on any atom is -0.493 e. The first-order valence-corrected chi connectivity index (χ1v) is 9.68. The summed E-state index contributed by atoms with van der Waals surface area (Å²) in [6, 6.07) is 14.7. The van der Waals surface area contributed by atoms with Gasteiger partial charge in [-0.2, -0.15) is 0 Å². The van der Waals surface area contributed by atoms with E-state index in [1.54, 1.807) is 29.2 Å². The molecular weight excluding hydrogens is 384 g/mol. The van der Waals surface area contributed by atoms with Crippen LogP contribution < -0.4 is 9.47 Å². The highest BCUT2D eigenvalue weighted by atomic mass is 16.5. The monoisotopic (exact) mass is 406 g/mol. The van der Waals surface area contributed by atoms with Crippen molar-refractivity contribution in [3.05, 3.63) is 76.7 Å². The van der Waals surface area contributed by atoms with Crippen molar-refractivity contribution in [2.24, 2.45) is 0 Å². The van der Waals surface area contributed by atoms with Crippen LogP contribution in [0.15, 0.2) is 53.1 Å². The van der Waals surface area contributed by atoms with E-state index >= 15 is 0 Å². The molecule has 0 radical (unpaired) electrons. The van der Waals surface area contributed by atoms with Crippen LogP contribution in [0.4, 0.5) is 0 Å². The molecular formula is C23H22N2O5. The summed E-state index contributed by atoms with van der Waals surface area (Å²) in [5.74, 6) is 1.12. The van der Waals surface area contributed by atoms with Crippen LogP contribution in [0.3, 0.4) is 0 Å². The van der Waals surface area contributed by atoms with Crippen molar-refractivity contribution in [2.75, 3.05) is 13.7 Å². The van der Waals surface area contributed by atoms with Crippen molar-refractivity contribution < 1.29 is 23.6 Å². The fraction of sp³-hybridized carbons (Fsp3) is 0.261. The standard InChI is InChI=1S/C23H22N2O5/c1-15(26)17-7-8-21(22(11-17)28-2)29-14-19-12-20(24-30-19)23(27)25-10-9-16-5-3-4-6-18(16)13-25/h3-8,11-12H,9-10,13-14H2,1-2H3. The topological polar surface area (TPSA) is 81.9 Å². The van der Waals surface area contributed by atoms with Crippen LogP contribution in [0.25, 0.3) is 0 Å². The molecule has 0 unspecified atom stereocenters. The van der Waals surface area contributed by atoms with Crippen molar-refractivity contribution in [2.45, 2.75) is 26.5 Å². The highest BCUT2D eigenvalue weighted by Gasteiger charge is 2.24. The molecule has 7 nitrogen and oxygen atoms in total. The van der Waals surface area contributed by atoms with E-state index in [0.29, 0.717) is 35.9 Å². The Morgan fingerprint density at radius 1 is 1.10 bits per heavy atom. The zero-order valence-corrected chi connectivity index (χ0v) is 16.9. The van der Waals surface area contributed by atoms with Gasteiger partial charge in [-0.05, 0) is 42.7 Å². The Hall–Kier alpha value is -3.61. The summed E-state index contributed by atoms with van der Waals surface area (Å²) in [7, 11) is 1.51. The Morgan fingerprint density at radius 2 is 1.90 bits per heavy atom. The second-order valence-electron chi connectivity index (χ2n) is 7.13. The summed E-state index contributed by atoms with van der Waals surface area (Å²) in [5, 5.41) is 3.92. The molecule has 3 aromatic rings. The van der Waals surface area contributed by atoms with Crippen LogP contribution in [0.1, 0.15) is 44.7 Å². The Kier molecular flexibility index (Phi) is 5.52. The number of amides is 1. The number of carbonyl (C=O) groups excluding carboxylic acids is 2. The summed E-state index contributed by atoms with van der Waals surface area (Å²) < 4.78 is 16.3. The van der Waals surface area contributed by atoms with Gasteiger partial charge in [0.05, 0.1) is 7.11 Å². The van der Waals surface area contributed by atoms with E-state index in [1.807, 2.05) is 18.2 Å². The van der Waals surface area contributed by atoms with E-state index in [0.717, 1.165) is 12.0 Å². The second kappa shape index (κ2) is 8.41. The number of rotatable bonds is 6. The second-order valence-corrected chi connectivity index (χ2v) is 7.13. The first-order chi connectivity index (χ1) is 14.5. The van der Waals surface area contributed by atoms with Gasteiger partial charge >= 0.3 is 0 Å². The maximum Gasteiger partial charge on any atom is 0.276 e. The molecule has 0 N–H and O–H groups in total. The molecule has 7 heteroatoms. The smallest absolute Gasteiger partial charge is 0.276 e. The first-order valence-electron chi connectivity index (χ1n) is 9.68. The SMILES string of the molecule is COc1cc(C(C)=O)ccc1OCc1cc(C(=O)N2CCc3ccccc3C2)no1. The van der Waals surface area contributed by atoms with Gasteiger partial charge in [0.15, 0.2) is 28.7 Å². The number of aromatic nitrogens is 1. The lowest BCUT2D eigenvalue weighted by atomic mass is 10.00. The lowest BCUT2D eigenvalue weighted by Crippen LogP contribution is -2.36. The highest BCUT2D eigenvalue weighted by Crippen LogP contribution is 2.29.